The summed E-state index contributed by atoms with van der Waals surface area (Å²) in [4.78, 5) is 15.0. The standard InChI is InChI=1S/C52H29F4N3/c53-33-21-13-29(14-22-33)43-44(30-15-23-34(54)24-16-30)48-38-8-2-4-10-40(38)50(58-48)46(32-19-27-36(56)28-20-32)52-42-12-6-5-11-41(42)51(59-52)45(31-17-25-35(55)26-18-31)49-39-9-3-1-7-37(39)47(43)57-49/h1-28,59H. The Bertz CT molecular complexity index is 3060. The number of halogens is 4. The summed E-state index contributed by atoms with van der Waals surface area (Å²) in [6.07, 6.45) is 0. The van der Waals surface area contributed by atoms with Crippen LogP contribution in [0.2, 0.25) is 0 Å². The molecule has 0 radical (unpaired) electrons. The minimum Gasteiger partial charge on any atom is -0.353 e. The fraction of sp³-hybridized carbons (Fsp3) is 0. The molecule has 0 saturated carbocycles. The van der Waals surface area contributed by atoms with E-state index in [1.165, 1.54) is 48.5 Å². The van der Waals surface area contributed by atoms with E-state index in [2.05, 4.69) is 4.98 Å². The summed E-state index contributed by atoms with van der Waals surface area (Å²) in [6.45, 7) is 0. The van der Waals surface area contributed by atoms with Crippen LogP contribution in [-0.2, 0) is 0 Å². The van der Waals surface area contributed by atoms with Crippen molar-refractivity contribution < 1.29 is 17.6 Å². The van der Waals surface area contributed by atoms with Gasteiger partial charge in [-0.3, -0.25) is 0 Å². The summed E-state index contributed by atoms with van der Waals surface area (Å²) in [5.41, 5.74) is 12.9. The van der Waals surface area contributed by atoms with Crippen molar-refractivity contribution in [2.45, 2.75) is 0 Å². The van der Waals surface area contributed by atoms with Crippen LogP contribution in [-0.4, -0.2) is 15.0 Å². The highest BCUT2D eigenvalue weighted by atomic mass is 19.1. The molecule has 3 aliphatic rings. The molecule has 3 heterocycles. The zero-order chi connectivity index (χ0) is 39.8. The first-order chi connectivity index (χ1) is 28.9. The van der Waals surface area contributed by atoms with Crippen molar-refractivity contribution in [3.8, 4) is 89.5 Å². The SMILES string of the molecule is Fc1ccc(-c2c3nc(c(-c4ccc(F)cc4)c4[nH]c(c(-c5ccc(F)cc5)c5nc(c2-c2ccc(F)cc2)-c2ccccc2-5)c2ccccc42)-c2ccccc2-3)cc1. The Morgan fingerprint density at radius 2 is 0.542 bits per heavy atom. The van der Waals surface area contributed by atoms with E-state index in [1.54, 1.807) is 48.5 Å². The van der Waals surface area contributed by atoms with E-state index in [4.69, 9.17) is 9.97 Å². The molecule has 0 saturated heterocycles. The molecular formula is C52H29F4N3. The summed E-state index contributed by atoms with van der Waals surface area (Å²) >= 11 is 0. The average Bonchev–Trinajstić information content (AvgIpc) is 3.95. The highest BCUT2D eigenvalue weighted by molar-refractivity contribution is 6.19. The summed E-state index contributed by atoms with van der Waals surface area (Å²) in [6, 6.07) is 49.3. The van der Waals surface area contributed by atoms with Crippen LogP contribution in [0.5, 0.6) is 0 Å². The predicted octanol–water partition coefficient (Wildman–Crippen LogP) is 14.3. The quantitative estimate of drug-likeness (QED) is 0.181. The molecule has 280 valence electrons. The van der Waals surface area contributed by atoms with Crippen molar-refractivity contribution in [1.82, 2.24) is 15.0 Å². The Morgan fingerprint density at radius 3 is 0.847 bits per heavy atom. The minimum absolute atomic E-state index is 0.376. The van der Waals surface area contributed by atoms with E-state index in [0.29, 0.717) is 45.0 Å². The molecule has 59 heavy (non-hydrogen) atoms. The molecular weight excluding hydrogens is 743 g/mol. The van der Waals surface area contributed by atoms with E-state index < -0.39 is 11.6 Å². The maximum Gasteiger partial charge on any atom is 0.123 e. The number of benzene rings is 7. The molecule has 3 nitrogen and oxygen atoms in total. The van der Waals surface area contributed by atoms with Crippen LogP contribution >= 0.6 is 0 Å². The van der Waals surface area contributed by atoms with Crippen LogP contribution < -0.4 is 0 Å². The highest BCUT2D eigenvalue weighted by Crippen LogP contribution is 2.53. The molecule has 0 spiro atoms. The molecule has 11 rings (SSSR count). The molecule has 8 aromatic rings. The van der Waals surface area contributed by atoms with Gasteiger partial charge in [0.15, 0.2) is 0 Å². The fourth-order valence-corrected chi connectivity index (χ4v) is 8.66. The number of H-pyrrole nitrogens is 1. The number of hydrogen-bond donors (Lipinski definition) is 1. The van der Waals surface area contributed by atoms with E-state index >= 15 is 0 Å². The lowest BCUT2D eigenvalue weighted by molar-refractivity contribution is 0.627. The topological polar surface area (TPSA) is 41.6 Å². The number of nitrogens with zero attached hydrogens (tertiary/aromatic N) is 2. The van der Waals surface area contributed by atoms with Gasteiger partial charge in [-0.2, -0.15) is 0 Å². The van der Waals surface area contributed by atoms with Crippen LogP contribution in [0.4, 0.5) is 17.6 Å². The van der Waals surface area contributed by atoms with Crippen molar-refractivity contribution in [2.75, 3.05) is 0 Å². The van der Waals surface area contributed by atoms with Gasteiger partial charge in [-0.25, -0.2) is 27.5 Å². The Morgan fingerprint density at radius 1 is 0.288 bits per heavy atom. The molecule has 0 fully saturated rings. The largest absolute Gasteiger partial charge is 0.353 e. The van der Waals surface area contributed by atoms with Crippen molar-refractivity contribution in [2.24, 2.45) is 0 Å². The van der Waals surface area contributed by atoms with E-state index in [9.17, 15) is 17.6 Å². The van der Waals surface area contributed by atoms with Crippen LogP contribution in [0.15, 0.2) is 170 Å². The van der Waals surface area contributed by atoms with E-state index in [0.717, 1.165) is 66.3 Å². The van der Waals surface area contributed by atoms with Gasteiger partial charge in [-0.05, 0) is 70.8 Å². The first-order valence-electron chi connectivity index (χ1n) is 19.2. The number of hydrogen-bond acceptors (Lipinski definition) is 2. The van der Waals surface area contributed by atoms with Gasteiger partial charge in [-0.15, -0.1) is 0 Å². The van der Waals surface area contributed by atoms with Gasteiger partial charge in [0.25, 0.3) is 0 Å². The Balaban J connectivity index is 1.49. The van der Waals surface area contributed by atoms with Crippen molar-refractivity contribution in [3.05, 3.63) is 193 Å². The third kappa shape index (κ3) is 5.57. The van der Waals surface area contributed by atoms with Crippen LogP contribution in [0, 0.1) is 23.3 Å². The summed E-state index contributed by atoms with van der Waals surface area (Å²) in [5, 5.41) is 1.79. The highest BCUT2D eigenvalue weighted by Gasteiger charge is 2.31. The van der Waals surface area contributed by atoms with Gasteiger partial charge < -0.3 is 4.98 Å². The monoisotopic (exact) mass is 771 g/mol. The first kappa shape index (κ1) is 34.6. The zero-order valence-corrected chi connectivity index (χ0v) is 31.1. The van der Waals surface area contributed by atoms with Gasteiger partial charge in [-0.1, -0.05) is 121 Å². The molecule has 0 amide bonds. The van der Waals surface area contributed by atoms with Gasteiger partial charge in [0.1, 0.15) is 23.3 Å². The number of aromatic amines is 1. The van der Waals surface area contributed by atoms with E-state index in [1.807, 2.05) is 72.8 Å². The molecule has 0 atom stereocenters. The maximum absolute atomic E-state index is 14.8. The van der Waals surface area contributed by atoms with Gasteiger partial charge in [0.2, 0.25) is 0 Å². The first-order valence-corrected chi connectivity index (χ1v) is 19.2. The summed E-state index contributed by atoms with van der Waals surface area (Å²) < 4.78 is 59.1. The van der Waals surface area contributed by atoms with Crippen LogP contribution in [0.1, 0.15) is 0 Å². The van der Waals surface area contributed by atoms with Crippen molar-refractivity contribution in [1.29, 1.82) is 0 Å². The number of rotatable bonds is 4. The summed E-state index contributed by atoms with van der Waals surface area (Å²) in [5.74, 6) is -1.55. The van der Waals surface area contributed by atoms with Gasteiger partial charge >= 0.3 is 0 Å². The number of nitrogens with one attached hydrogen (secondary N) is 1. The van der Waals surface area contributed by atoms with Crippen LogP contribution in [0.3, 0.4) is 0 Å². The third-order valence-corrected chi connectivity index (χ3v) is 11.3. The average molecular weight is 772 g/mol. The molecule has 0 unspecified atom stereocenters. The third-order valence-electron chi connectivity index (χ3n) is 11.3. The fourth-order valence-electron chi connectivity index (χ4n) is 8.66. The lowest BCUT2D eigenvalue weighted by atomic mass is 9.88. The summed E-state index contributed by atoms with van der Waals surface area (Å²) in [7, 11) is 0. The van der Waals surface area contributed by atoms with Gasteiger partial charge in [0, 0.05) is 55.3 Å². The Hall–Kier alpha value is -7.64. The second-order valence-electron chi connectivity index (χ2n) is 14.7. The van der Waals surface area contributed by atoms with Gasteiger partial charge in [0.05, 0.1) is 33.8 Å². The van der Waals surface area contributed by atoms with Crippen molar-refractivity contribution in [3.63, 3.8) is 0 Å². The molecule has 1 N–H and O–H groups in total. The zero-order valence-electron chi connectivity index (χ0n) is 31.1. The predicted molar refractivity (Wildman–Crippen MR) is 228 cm³/mol. The Kier molecular flexibility index (Phi) is 7.91. The molecule has 7 aromatic carbocycles. The second-order valence-corrected chi connectivity index (χ2v) is 14.7. The molecule has 2 aliphatic heterocycles. The minimum atomic E-state index is -0.401. The normalized spacial score (nSPS) is 11.7. The lowest BCUT2D eigenvalue weighted by Gasteiger charge is -2.15. The molecule has 1 aliphatic carbocycles. The van der Waals surface area contributed by atoms with E-state index in [-0.39, 0.29) is 11.6 Å². The molecule has 7 heteroatoms. The molecule has 6 bridgehead atoms. The second kappa shape index (κ2) is 13.5. The smallest absolute Gasteiger partial charge is 0.123 e. The number of aromatic nitrogens is 3. The molecule has 1 aromatic heterocycles. The van der Waals surface area contributed by atoms with Crippen LogP contribution in [0.25, 0.3) is 111 Å². The Labute approximate surface area is 335 Å². The lowest BCUT2D eigenvalue weighted by Crippen LogP contribution is -1.93. The maximum atomic E-state index is 14.8. The van der Waals surface area contributed by atoms with Crippen molar-refractivity contribution >= 4 is 21.8 Å².